The van der Waals surface area contributed by atoms with Crippen molar-refractivity contribution >= 4 is 35.0 Å². The molecule has 0 atom stereocenters. The lowest BCUT2D eigenvalue weighted by atomic mass is 10.1. The number of benzene rings is 3. The predicted octanol–water partition coefficient (Wildman–Crippen LogP) is 4.60. The molecule has 0 spiro atoms. The Morgan fingerprint density at radius 2 is 1.40 bits per heavy atom. The second-order valence-corrected chi connectivity index (χ2v) is 8.49. The summed E-state index contributed by atoms with van der Waals surface area (Å²) in [6.07, 6.45) is -0.342. The van der Waals surface area contributed by atoms with E-state index in [0.717, 1.165) is 23.3 Å². The SMILES string of the molecule is O=C(CC(=O)N1CCN(C(=O)c2cc(F)c(Cl)cc2F)CC1)Nc1ccc(-c2ccccc2)cc1. The third-order valence-electron chi connectivity index (χ3n) is 5.75. The molecule has 0 aromatic heterocycles. The fraction of sp³-hybridized carbons (Fsp3) is 0.192. The van der Waals surface area contributed by atoms with E-state index in [2.05, 4.69) is 5.32 Å². The fourth-order valence-electron chi connectivity index (χ4n) is 3.85. The molecule has 0 saturated carbocycles. The van der Waals surface area contributed by atoms with Gasteiger partial charge in [0.05, 0.1) is 10.6 Å². The van der Waals surface area contributed by atoms with E-state index in [9.17, 15) is 23.2 Å². The van der Waals surface area contributed by atoms with Crippen LogP contribution in [0, 0.1) is 11.6 Å². The van der Waals surface area contributed by atoms with E-state index < -0.39 is 34.0 Å². The Labute approximate surface area is 206 Å². The standard InChI is InChI=1S/C26H22ClF2N3O3/c27-21-15-22(28)20(14-23(21)29)26(35)32-12-10-31(11-13-32)25(34)16-24(33)30-19-8-6-18(7-9-19)17-4-2-1-3-5-17/h1-9,14-15H,10-13,16H2,(H,30,33). The number of nitrogens with one attached hydrogen (secondary N) is 1. The third-order valence-corrected chi connectivity index (χ3v) is 6.04. The van der Waals surface area contributed by atoms with E-state index in [-0.39, 0.29) is 38.5 Å². The van der Waals surface area contributed by atoms with Crippen molar-refractivity contribution in [1.29, 1.82) is 0 Å². The van der Waals surface area contributed by atoms with Crippen molar-refractivity contribution in [3.8, 4) is 11.1 Å². The highest BCUT2D eigenvalue weighted by molar-refractivity contribution is 6.30. The summed E-state index contributed by atoms with van der Waals surface area (Å²) in [6, 6.07) is 18.7. The molecule has 0 unspecified atom stereocenters. The Morgan fingerprint density at radius 3 is 2.06 bits per heavy atom. The van der Waals surface area contributed by atoms with Crippen molar-refractivity contribution in [3.63, 3.8) is 0 Å². The molecule has 1 saturated heterocycles. The summed E-state index contributed by atoms with van der Waals surface area (Å²) in [6.45, 7) is 0.635. The van der Waals surface area contributed by atoms with Gasteiger partial charge in [-0.1, -0.05) is 54.1 Å². The van der Waals surface area contributed by atoms with E-state index in [1.165, 1.54) is 9.80 Å². The van der Waals surface area contributed by atoms with E-state index in [4.69, 9.17) is 11.6 Å². The molecule has 3 aromatic rings. The molecule has 9 heteroatoms. The van der Waals surface area contributed by atoms with Crippen LogP contribution in [0.2, 0.25) is 5.02 Å². The first-order valence-corrected chi connectivity index (χ1v) is 11.4. The van der Waals surface area contributed by atoms with Gasteiger partial charge in [-0.05, 0) is 35.4 Å². The van der Waals surface area contributed by atoms with Gasteiger partial charge in [-0.2, -0.15) is 0 Å². The molecule has 0 bridgehead atoms. The molecule has 0 aliphatic carbocycles. The first-order valence-electron chi connectivity index (χ1n) is 11.0. The minimum absolute atomic E-state index is 0.136. The minimum atomic E-state index is -0.909. The molecule has 6 nitrogen and oxygen atoms in total. The minimum Gasteiger partial charge on any atom is -0.339 e. The number of anilines is 1. The van der Waals surface area contributed by atoms with Crippen LogP contribution in [0.5, 0.6) is 0 Å². The van der Waals surface area contributed by atoms with Crippen molar-refractivity contribution < 1.29 is 23.2 Å². The molecule has 180 valence electrons. The molecule has 1 fully saturated rings. The van der Waals surface area contributed by atoms with E-state index in [0.29, 0.717) is 5.69 Å². The van der Waals surface area contributed by atoms with Gasteiger partial charge in [0.2, 0.25) is 11.8 Å². The maximum atomic E-state index is 14.1. The number of rotatable bonds is 5. The number of halogens is 3. The summed E-state index contributed by atoms with van der Waals surface area (Å²) < 4.78 is 27.7. The first kappa shape index (κ1) is 24.3. The zero-order valence-corrected chi connectivity index (χ0v) is 19.4. The molecule has 1 aliphatic rings. The summed E-state index contributed by atoms with van der Waals surface area (Å²) in [5.74, 6) is -3.29. The summed E-state index contributed by atoms with van der Waals surface area (Å²) in [4.78, 5) is 40.3. The third kappa shape index (κ3) is 5.84. The summed E-state index contributed by atoms with van der Waals surface area (Å²) >= 11 is 5.54. The van der Waals surface area contributed by atoms with Crippen LogP contribution in [0.3, 0.4) is 0 Å². The van der Waals surface area contributed by atoms with Crippen LogP contribution in [0.25, 0.3) is 11.1 Å². The number of hydrogen-bond acceptors (Lipinski definition) is 3. The summed E-state index contributed by atoms with van der Waals surface area (Å²) in [5.41, 5.74) is 2.23. The number of amides is 3. The van der Waals surface area contributed by atoms with Gasteiger partial charge in [0.25, 0.3) is 5.91 Å². The van der Waals surface area contributed by atoms with Crippen LogP contribution in [0.15, 0.2) is 66.7 Å². The fourth-order valence-corrected chi connectivity index (χ4v) is 4.00. The van der Waals surface area contributed by atoms with Crippen LogP contribution < -0.4 is 5.32 Å². The van der Waals surface area contributed by atoms with Gasteiger partial charge in [-0.15, -0.1) is 0 Å². The number of carbonyl (C=O) groups is 3. The molecule has 3 amide bonds. The maximum absolute atomic E-state index is 14.1. The average molecular weight is 498 g/mol. The van der Waals surface area contributed by atoms with Crippen LogP contribution in [0.1, 0.15) is 16.8 Å². The monoisotopic (exact) mass is 497 g/mol. The number of hydrogen-bond donors (Lipinski definition) is 1. The van der Waals surface area contributed by atoms with Crippen LogP contribution in [0.4, 0.5) is 14.5 Å². The van der Waals surface area contributed by atoms with Crippen LogP contribution in [-0.4, -0.2) is 53.7 Å². The number of carbonyl (C=O) groups excluding carboxylic acids is 3. The molecular formula is C26H22ClF2N3O3. The van der Waals surface area contributed by atoms with E-state index in [1.807, 2.05) is 42.5 Å². The molecule has 0 radical (unpaired) electrons. The van der Waals surface area contributed by atoms with Gasteiger partial charge in [0, 0.05) is 31.9 Å². The van der Waals surface area contributed by atoms with Crippen molar-refractivity contribution in [2.75, 3.05) is 31.5 Å². The molecule has 1 aliphatic heterocycles. The van der Waals surface area contributed by atoms with Gasteiger partial charge in [-0.3, -0.25) is 14.4 Å². The first-order chi connectivity index (χ1) is 16.8. The highest BCUT2D eigenvalue weighted by atomic mass is 35.5. The Bertz CT molecular complexity index is 1240. The van der Waals surface area contributed by atoms with Gasteiger partial charge in [-0.25, -0.2) is 8.78 Å². The Kier molecular flexibility index (Phi) is 7.41. The average Bonchev–Trinajstić information content (AvgIpc) is 2.87. The van der Waals surface area contributed by atoms with Gasteiger partial charge < -0.3 is 15.1 Å². The maximum Gasteiger partial charge on any atom is 0.257 e. The Morgan fingerprint density at radius 1 is 0.800 bits per heavy atom. The number of nitrogens with zero attached hydrogens (tertiary/aromatic N) is 2. The second-order valence-electron chi connectivity index (χ2n) is 8.09. The molecule has 1 N–H and O–H groups in total. The molecule has 4 rings (SSSR count). The van der Waals surface area contributed by atoms with Gasteiger partial charge in [0.15, 0.2) is 0 Å². The zero-order valence-electron chi connectivity index (χ0n) is 18.6. The van der Waals surface area contributed by atoms with Crippen molar-refractivity contribution in [2.24, 2.45) is 0 Å². The topological polar surface area (TPSA) is 69.7 Å². The summed E-state index contributed by atoms with van der Waals surface area (Å²) in [5, 5.41) is 2.31. The molecular weight excluding hydrogens is 476 g/mol. The highest BCUT2D eigenvalue weighted by Crippen LogP contribution is 2.22. The Balaban J connectivity index is 1.27. The lowest BCUT2D eigenvalue weighted by Crippen LogP contribution is -2.51. The molecule has 1 heterocycles. The quantitative estimate of drug-likeness (QED) is 0.414. The highest BCUT2D eigenvalue weighted by Gasteiger charge is 2.28. The smallest absolute Gasteiger partial charge is 0.257 e. The lowest BCUT2D eigenvalue weighted by molar-refractivity contribution is -0.135. The van der Waals surface area contributed by atoms with Crippen LogP contribution >= 0.6 is 11.6 Å². The van der Waals surface area contributed by atoms with Crippen LogP contribution in [-0.2, 0) is 9.59 Å². The van der Waals surface area contributed by atoms with E-state index in [1.54, 1.807) is 12.1 Å². The zero-order chi connectivity index (χ0) is 24.9. The van der Waals surface area contributed by atoms with Gasteiger partial charge in [0.1, 0.15) is 18.1 Å². The molecule has 35 heavy (non-hydrogen) atoms. The largest absolute Gasteiger partial charge is 0.339 e. The normalized spacial score (nSPS) is 13.5. The van der Waals surface area contributed by atoms with Gasteiger partial charge >= 0.3 is 0 Å². The van der Waals surface area contributed by atoms with E-state index >= 15 is 0 Å². The van der Waals surface area contributed by atoms with Crippen molar-refractivity contribution in [3.05, 3.63) is 89.0 Å². The molecule has 3 aromatic carbocycles. The number of piperazine rings is 1. The Hall–Kier alpha value is -3.78. The van der Waals surface area contributed by atoms with Crippen molar-refractivity contribution in [2.45, 2.75) is 6.42 Å². The van der Waals surface area contributed by atoms with Crippen molar-refractivity contribution in [1.82, 2.24) is 9.80 Å². The lowest BCUT2D eigenvalue weighted by Gasteiger charge is -2.34. The summed E-state index contributed by atoms with van der Waals surface area (Å²) in [7, 11) is 0. The second kappa shape index (κ2) is 10.7. The predicted molar refractivity (Wildman–Crippen MR) is 129 cm³/mol.